The molecule has 0 aromatic heterocycles. The zero-order valence-corrected chi connectivity index (χ0v) is 6.54. The summed E-state index contributed by atoms with van der Waals surface area (Å²) in [5.41, 5.74) is 0. The third-order valence-corrected chi connectivity index (χ3v) is 0. The Morgan fingerprint density at radius 2 is 1.75 bits per heavy atom. The smallest absolute Gasteiger partial charge is 0.320 e. The monoisotopic (exact) mass is 130 g/mol. The molecule has 0 saturated carbocycles. The van der Waals surface area contributed by atoms with Gasteiger partial charge in [-0.3, -0.25) is 5.33 Å². The molecule has 0 heterocycles. The van der Waals surface area contributed by atoms with Crippen molar-refractivity contribution in [3.63, 3.8) is 0 Å². The molecule has 0 spiro atoms. The Labute approximate surface area is 57.4 Å². The maximum Gasteiger partial charge on any atom is 1.00 e. The van der Waals surface area contributed by atoms with Crippen LogP contribution in [0.4, 0.5) is 0 Å². The van der Waals surface area contributed by atoms with Crippen molar-refractivity contribution in [2.45, 2.75) is 6.92 Å². The molecule has 0 N–H and O–H groups in total. The second-order valence-corrected chi connectivity index (χ2v) is 1.13. The SMILES string of the molecule is C[CH-]Br.[Na+]. The number of hydrogen-bond acceptors (Lipinski definition) is 0. The molecule has 0 nitrogen and oxygen atoms in total. The third kappa shape index (κ3) is 9.77. The van der Waals surface area contributed by atoms with Gasteiger partial charge in [0.25, 0.3) is 0 Å². The average molecular weight is 131 g/mol. The molecule has 0 bridgehead atoms. The van der Waals surface area contributed by atoms with Crippen molar-refractivity contribution < 1.29 is 29.6 Å². The van der Waals surface area contributed by atoms with E-state index in [1.54, 1.807) is 0 Å². The van der Waals surface area contributed by atoms with Gasteiger partial charge >= 0.3 is 29.6 Å². The van der Waals surface area contributed by atoms with Crippen molar-refractivity contribution in [3.05, 3.63) is 5.33 Å². The molecule has 20 valence electrons. The second-order valence-electron chi connectivity index (χ2n) is 0.218. The van der Waals surface area contributed by atoms with Crippen molar-refractivity contribution >= 4 is 15.9 Å². The van der Waals surface area contributed by atoms with Crippen LogP contribution in [-0.4, -0.2) is 0 Å². The van der Waals surface area contributed by atoms with Crippen LogP contribution in [0.25, 0.3) is 0 Å². The van der Waals surface area contributed by atoms with Crippen molar-refractivity contribution in [1.29, 1.82) is 0 Å². The first-order valence-corrected chi connectivity index (χ1v) is 1.71. The van der Waals surface area contributed by atoms with Crippen LogP contribution in [0.15, 0.2) is 0 Å². The van der Waals surface area contributed by atoms with Gasteiger partial charge < -0.3 is 15.9 Å². The van der Waals surface area contributed by atoms with Gasteiger partial charge in [0, 0.05) is 0 Å². The van der Waals surface area contributed by atoms with Crippen molar-refractivity contribution in [1.82, 2.24) is 0 Å². The Kier molecular flexibility index (Phi) is 20.0. The largest absolute Gasteiger partial charge is 1.00 e. The van der Waals surface area contributed by atoms with Gasteiger partial charge in [0.1, 0.15) is 0 Å². The van der Waals surface area contributed by atoms with Crippen molar-refractivity contribution in [3.8, 4) is 0 Å². The summed E-state index contributed by atoms with van der Waals surface area (Å²) in [5, 5.41) is 1.81. The summed E-state index contributed by atoms with van der Waals surface area (Å²) in [4.78, 5) is 0. The van der Waals surface area contributed by atoms with E-state index < -0.39 is 0 Å². The van der Waals surface area contributed by atoms with E-state index in [4.69, 9.17) is 0 Å². The molecule has 0 atom stereocenters. The molecule has 0 aliphatic carbocycles. The Morgan fingerprint density at radius 3 is 1.75 bits per heavy atom. The van der Waals surface area contributed by atoms with Crippen molar-refractivity contribution in [2.75, 3.05) is 0 Å². The van der Waals surface area contributed by atoms with Crippen LogP contribution < -0.4 is 29.6 Å². The number of halogens is 1. The molecule has 0 aliphatic rings. The fourth-order valence-corrected chi connectivity index (χ4v) is 0. The van der Waals surface area contributed by atoms with Crippen LogP contribution in [0.1, 0.15) is 6.92 Å². The van der Waals surface area contributed by atoms with E-state index in [0.717, 1.165) is 0 Å². The van der Waals surface area contributed by atoms with Gasteiger partial charge in [0.15, 0.2) is 0 Å². The predicted molar refractivity (Wildman–Crippen MR) is 18.9 cm³/mol. The molecule has 0 fully saturated rings. The maximum atomic E-state index is 3.02. The second kappa shape index (κ2) is 8.82. The van der Waals surface area contributed by atoms with E-state index in [-0.39, 0.29) is 29.6 Å². The fourth-order valence-electron chi connectivity index (χ4n) is 0. The van der Waals surface area contributed by atoms with E-state index in [0.29, 0.717) is 0 Å². The summed E-state index contributed by atoms with van der Waals surface area (Å²) in [7, 11) is 0. The van der Waals surface area contributed by atoms with Gasteiger partial charge in [-0.2, -0.15) is 6.92 Å². The zero-order chi connectivity index (χ0) is 2.71. The van der Waals surface area contributed by atoms with Crippen LogP contribution in [0.2, 0.25) is 0 Å². The summed E-state index contributed by atoms with van der Waals surface area (Å²) < 4.78 is 0. The van der Waals surface area contributed by atoms with Crippen LogP contribution in [0.3, 0.4) is 0 Å². The molecule has 0 unspecified atom stereocenters. The molecular formula is C2H4BrNa. The van der Waals surface area contributed by atoms with Crippen LogP contribution in [-0.2, 0) is 0 Å². The van der Waals surface area contributed by atoms with Gasteiger partial charge in [0.2, 0.25) is 0 Å². The van der Waals surface area contributed by atoms with Gasteiger partial charge in [-0.1, -0.05) is 0 Å². The van der Waals surface area contributed by atoms with Crippen LogP contribution >= 0.6 is 15.9 Å². The van der Waals surface area contributed by atoms with Gasteiger partial charge in [-0.05, 0) is 0 Å². The first-order chi connectivity index (χ1) is 1.41. The standard InChI is InChI=1S/C2H4Br.Na/c1-2-3;/h2H,1H3;/q-1;+1. The Bertz CT molecular complexity index is 6.00. The fraction of sp³-hybridized carbons (Fsp3) is 0.500. The number of hydrogen-bond donors (Lipinski definition) is 0. The molecule has 0 rings (SSSR count). The summed E-state index contributed by atoms with van der Waals surface area (Å²) in [6.45, 7) is 1.92. The Morgan fingerprint density at radius 1 is 1.75 bits per heavy atom. The van der Waals surface area contributed by atoms with E-state index in [2.05, 4.69) is 15.9 Å². The summed E-state index contributed by atoms with van der Waals surface area (Å²) in [6, 6.07) is 0. The third-order valence-electron chi connectivity index (χ3n) is 0. The summed E-state index contributed by atoms with van der Waals surface area (Å²) in [5.74, 6) is 0. The molecule has 0 aromatic rings. The molecular weight excluding hydrogens is 127 g/mol. The molecule has 4 heavy (non-hydrogen) atoms. The van der Waals surface area contributed by atoms with E-state index >= 15 is 0 Å². The van der Waals surface area contributed by atoms with E-state index in [1.165, 1.54) is 0 Å². The Hall–Kier alpha value is 1.48. The van der Waals surface area contributed by atoms with Gasteiger partial charge in [-0.15, -0.1) is 0 Å². The van der Waals surface area contributed by atoms with E-state index in [1.807, 2.05) is 12.3 Å². The minimum absolute atomic E-state index is 0. The molecule has 0 amide bonds. The number of rotatable bonds is 0. The zero-order valence-electron chi connectivity index (χ0n) is 2.96. The summed E-state index contributed by atoms with van der Waals surface area (Å²) >= 11 is 3.02. The van der Waals surface area contributed by atoms with Crippen LogP contribution in [0.5, 0.6) is 0 Å². The average Bonchev–Trinajstić information content (AvgIpc) is 0.918. The van der Waals surface area contributed by atoms with E-state index in [9.17, 15) is 0 Å². The minimum atomic E-state index is 0. The maximum absolute atomic E-state index is 3.02. The molecule has 0 radical (unpaired) electrons. The van der Waals surface area contributed by atoms with Crippen molar-refractivity contribution in [2.24, 2.45) is 0 Å². The molecule has 0 aliphatic heterocycles. The quantitative estimate of drug-likeness (QED) is 0.279. The molecule has 0 saturated heterocycles. The molecule has 0 aromatic carbocycles. The first-order valence-electron chi connectivity index (χ1n) is 0.796. The van der Waals surface area contributed by atoms with Gasteiger partial charge in [0.05, 0.1) is 0 Å². The topological polar surface area (TPSA) is 0 Å². The normalized spacial score (nSPS) is 4.50. The first kappa shape index (κ1) is 9.08. The van der Waals surface area contributed by atoms with Crippen LogP contribution in [0, 0.1) is 5.33 Å². The minimum Gasteiger partial charge on any atom is -0.320 e. The summed E-state index contributed by atoms with van der Waals surface area (Å²) in [6.07, 6.45) is 0. The predicted octanol–water partition coefficient (Wildman–Crippen LogP) is -1.43. The van der Waals surface area contributed by atoms with Gasteiger partial charge in [-0.25, -0.2) is 0 Å². The Balaban J connectivity index is 0. The molecule has 2 heteroatoms.